The Kier molecular flexibility index (Phi) is 7.95. The highest BCUT2D eigenvalue weighted by atomic mass is 16.3. The number of hydrogen-bond donors (Lipinski definition) is 0. The summed E-state index contributed by atoms with van der Waals surface area (Å²) in [5, 5.41) is 4.15. The van der Waals surface area contributed by atoms with Gasteiger partial charge in [0.2, 0.25) is 0 Å². The van der Waals surface area contributed by atoms with Gasteiger partial charge in [-0.1, -0.05) is 184 Å². The van der Waals surface area contributed by atoms with Gasteiger partial charge in [-0.3, -0.25) is 0 Å². The van der Waals surface area contributed by atoms with Gasteiger partial charge in [0.05, 0.1) is 22.2 Å². The Bertz CT molecular complexity index is 3910. The smallest absolute Gasteiger partial charge is 0.137 e. The molecule has 14 rings (SSSR count). The lowest BCUT2D eigenvalue weighted by Crippen LogP contribution is -2.28. The molecule has 0 amide bonds. The summed E-state index contributed by atoms with van der Waals surface area (Å²) in [6.45, 7) is 4.73. The molecule has 3 heteroatoms. The van der Waals surface area contributed by atoms with Crippen molar-refractivity contribution in [1.29, 1.82) is 0 Å². The average molecular weight is 858 g/mol. The van der Waals surface area contributed by atoms with Crippen LogP contribution < -0.4 is 4.90 Å². The molecular formula is C64H43NO2. The number of rotatable bonds is 6. The maximum Gasteiger partial charge on any atom is 0.137 e. The highest BCUT2D eigenvalue weighted by molar-refractivity contribution is 6.19. The second-order valence-electron chi connectivity index (χ2n) is 18.7. The number of fused-ring (bicyclic) bond motifs is 12. The molecule has 0 spiro atoms. The molecule has 0 saturated heterocycles. The summed E-state index contributed by atoms with van der Waals surface area (Å²) >= 11 is 0. The predicted molar refractivity (Wildman–Crippen MR) is 276 cm³/mol. The van der Waals surface area contributed by atoms with Crippen molar-refractivity contribution >= 4 is 60.9 Å². The summed E-state index contributed by atoms with van der Waals surface area (Å²) in [6, 6.07) is 82.0. The van der Waals surface area contributed by atoms with Crippen molar-refractivity contribution in [2.45, 2.75) is 24.7 Å². The monoisotopic (exact) mass is 857 g/mol. The van der Waals surface area contributed by atoms with Crippen molar-refractivity contribution in [2.75, 3.05) is 4.90 Å². The summed E-state index contributed by atoms with van der Waals surface area (Å²) in [6.07, 6.45) is 0. The van der Waals surface area contributed by atoms with Gasteiger partial charge in [-0.25, -0.2) is 0 Å². The molecule has 0 N–H and O–H groups in total. The van der Waals surface area contributed by atoms with Gasteiger partial charge < -0.3 is 13.7 Å². The van der Waals surface area contributed by atoms with Crippen molar-refractivity contribution in [3.63, 3.8) is 0 Å². The fraction of sp³-hybridized carbons (Fsp3) is 0.0625. The third-order valence-corrected chi connectivity index (χ3v) is 14.9. The van der Waals surface area contributed by atoms with E-state index in [-0.39, 0.29) is 5.41 Å². The summed E-state index contributed by atoms with van der Waals surface area (Å²) in [4.78, 5) is 2.51. The fourth-order valence-corrected chi connectivity index (χ4v) is 12.0. The van der Waals surface area contributed by atoms with E-state index in [1.807, 2.05) is 0 Å². The largest absolute Gasteiger partial charge is 0.456 e. The van der Waals surface area contributed by atoms with E-state index in [1.54, 1.807) is 0 Å². The first-order valence-electron chi connectivity index (χ1n) is 23.2. The molecule has 3 nitrogen and oxygen atoms in total. The van der Waals surface area contributed by atoms with E-state index in [1.165, 1.54) is 55.6 Å². The zero-order chi connectivity index (χ0) is 44.4. The van der Waals surface area contributed by atoms with Crippen molar-refractivity contribution in [2.24, 2.45) is 0 Å². The molecule has 2 aliphatic rings. The van der Waals surface area contributed by atoms with Gasteiger partial charge in [0, 0.05) is 32.8 Å². The van der Waals surface area contributed by atoms with Gasteiger partial charge in [-0.15, -0.1) is 0 Å². The zero-order valence-corrected chi connectivity index (χ0v) is 37.1. The molecule has 0 bridgehead atoms. The van der Waals surface area contributed by atoms with Crippen LogP contribution in [0.15, 0.2) is 233 Å². The van der Waals surface area contributed by atoms with E-state index in [0.29, 0.717) is 0 Å². The summed E-state index contributed by atoms with van der Waals surface area (Å²) in [5.41, 5.74) is 20.8. The van der Waals surface area contributed by atoms with Gasteiger partial charge >= 0.3 is 0 Å². The first-order chi connectivity index (χ1) is 33.0. The summed E-state index contributed by atoms with van der Waals surface area (Å²) in [5.74, 6) is 0. The minimum absolute atomic E-state index is 0.198. The van der Waals surface area contributed by atoms with E-state index in [4.69, 9.17) is 8.83 Å². The second-order valence-corrected chi connectivity index (χ2v) is 18.7. The number of nitrogens with zero attached hydrogens (tertiary/aromatic N) is 1. The number of hydrogen-bond acceptors (Lipinski definition) is 3. The normalized spacial score (nSPS) is 14.1. The molecule has 0 atom stereocenters. The van der Waals surface area contributed by atoms with Crippen LogP contribution in [0.4, 0.5) is 17.1 Å². The molecule has 2 aliphatic carbocycles. The molecule has 0 fully saturated rings. The third kappa shape index (κ3) is 5.28. The van der Waals surface area contributed by atoms with Crippen molar-refractivity contribution in [3.05, 3.63) is 258 Å². The molecule has 10 aromatic carbocycles. The SMILES string of the molecule is CC1(C)c2ccccc2-c2ccc(N(c3cccc4c3-c3ccccc3C4(c3ccccc3)c3ccccc3)c3cccc4oc5cc6c(cc5c34)oc3cc(-c4ccccc4)ccc36)cc21. The van der Waals surface area contributed by atoms with Crippen LogP contribution in [-0.4, -0.2) is 0 Å². The highest BCUT2D eigenvalue weighted by Gasteiger charge is 2.47. The topological polar surface area (TPSA) is 29.5 Å². The maximum absolute atomic E-state index is 6.91. The van der Waals surface area contributed by atoms with Gasteiger partial charge in [0.25, 0.3) is 0 Å². The van der Waals surface area contributed by atoms with Crippen molar-refractivity contribution in [3.8, 4) is 33.4 Å². The molecular weight excluding hydrogens is 815 g/mol. The molecule has 0 radical (unpaired) electrons. The fourth-order valence-electron chi connectivity index (χ4n) is 12.0. The van der Waals surface area contributed by atoms with Crippen LogP contribution in [0.3, 0.4) is 0 Å². The number of benzene rings is 10. The zero-order valence-electron chi connectivity index (χ0n) is 37.1. The Balaban J connectivity index is 1.06. The van der Waals surface area contributed by atoms with Crippen molar-refractivity contribution in [1.82, 2.24) is 0 Å². The molecule has 67 heavy (non-hydrogen) atoms. The lowest BCUT2D eigenvalue weighted by molar-refractivity contribution is 0.660. The Morgan fingerprint density at radius 1 is 0.358 bits per heavy atom. The van der Waals surface area contributed by atoms with E-state index < -0.39 is 5.41 Å². The van der Waals surface area contributed by atoms with E-state index in [0.717, 1.165) is 72.1 Å². The minimum Gasteiger partial charge on any atom is -0.456 e. The molecule has 0 saturated carbocycles. The molecule has 0 aliphatic heterocycles. The first kappa shape index (κ1) is 37.9. The van der Waals surface area contributed by atoms with E-state index in [9.17, 15) is 0 Å². The number of furan rings is 2. The van der Waals surface area contributed by atoms with Gasteiger partial charge in [0.1, 0.15) is 22.3 Å². The quantitative estimate of drug-likeness (QED) is 0.167. The van der Waals surface area contributed by atoms with Crippen LogP contribution in [-0.2, 0) is 10.8 Å². The maximum atomic E-state index is 6.91. The van der Waals surface area contributed by atoms with Gasteiger partial charge in [0.15, 0.2) is 0 Å². The Morgan fingerprint density at radius 3 is 1.72 bits per heavy atom. The Morgan fingerprint density at radius 2 is 0.940 bits per heavy atom. The minimum atomic E-state index is -0.556. The number of anilines is 3. The first-order valence-corrected chi connectivity index (χ1v) is 23.2. The van der Waals surface area contributed by atoms with Crippen LogP contribution >= 0.6 is 0 Å². The van der Waals surface area contributed by atoms with Gasteiger partial charge in [-0.05, 0) is 116 Å². The standard InChI is InChI=1S/C64H43NO2/c1-63(2)51-26-14-12-24-45(51)46-35-33-44(37-54(46)63)65(55-29-16-28-53-61(55)48-25-13-15-27-52(48)64(53,42-20-8-4-9-21-42)43-22-10-5-11-23-43)56-30-17-31-57-62(56)50-39-59-49(38-60(50)66-57)47-34-32-41(36-58(47)67-59)40-18-6-3-7-19-40/h3-39H,1-2H3. The van der Waals surface area contributed by atoms with Crippen LogP contribution in [0.2, 0.25) is 0 Å². The van der Waals surface area contributed by atoms with Crippen LogP contribution in [0.25, 0.3) is 77.3 Å². The lowest BCUT2D eigenvalue weighted by Gasteiger charge is -2.34. The molecule has 0 unspecified atom stereocenters. The highest BCUT2D eigenvalue weighted by Crippen LogP contribution is 2.60. The van der Waals surface area contributed by atoms with Crippen LogP contribution in [0.1, 0.15) is 47.2 Å². The van der Waals surface area contributed by atoms with Crippen molar-refractivity contribution < 1.29 is 8.83 Å². The predicted octanol–water partition coefficient (Wildman–Crippen LogP) is 17.3. The van der Waals surface area contributed by atoms with E-state index >= 15 is 0 Å². The average Bonchev–Trinajstić information content (AvgIpc) is 4.09. The summed E-state index contributed by atoms with van der Waals surface area (Å²) in [7, 11) is 0. The molecule has 12 aromatic rings. The molecule has 2 heterocycles. The third-order valence-electron chi connectivity index (χ3n) is 14.9. The molecule has 316 valence electrons. The second kappa shape index (κ2) is 14.1. The lowest BCUT2D eigenvalue weighted by atomic mass is 9.68. The Hall–Kier alpha value is -8.40. The Labute approximate surface area is 388 Å². The van der Waals surface area contributed by atoms with Crippen LogP contribution in [0, 0.1) is 0 Å². The summed E-state index contributed by atoms with van der Waals surface area (Å²) < 4.78 is 13.7. The van der Waals surface area contributed by atoms with E-state index in [2.05, 4.69) is 243 Å². The van der Waals surface area contributed by atoms with Crippen LogP contribution in [0.5, 0.6) is 0 Å². The molecule has 2 aromatic heterocycles. The van der Waals surface area contributed by atoms with Gasteiger partial charge in [-0.2, -0.15) is 0 Å².